The monoisotopic (exact) mass is 373 g/mol. The van der Waals surface area contributed by atoms with E-state index in [-0.39, 0.29) is 11.4 Å². The van der Waals surface area contributed by atoms with Gasteiger partial charge in [-0.05, 0) is 88.6 Å². The molecule has 0 unspecified atom stereocenters. The number of allylic oxidation sites excluding steroid dienone is 1. The summed E-state index contributed by atoms with van der Waals surface area (Å²) in [4.78, 5) is 17.3. The molecular weight excluding hydrogens is 346 g/mol. The molecule has 0 saturated heterocycles. The molecule has 28 heavy (non-hydrogen) atoms. The van der Waals surface area contributed by atoms with Crippen LogP contribution in [0.2, 0.25) is 0 Å². The maximum atomic E-state index is 12.8. The van der Waals surface area contributed by atoms with Crippen molar-refractivity contribution >= 4 is 22.8 Å². The maximum absolute atomic E-state index is 12.8. The van der Waals surface area contributed by atoms with Crippen LogP contribution in [0.5, 0.6) is 5.75 Å². The molecule has 0 radical (unpaired) electrons. The van der Waals surface area contributed by atoms with Gasteiger partial charge in [-0.15, -0.1) is 0 Å². The summed E-state index contributed by atoms with van der Waals surface area (Å²) in [6.07, 6.45) is 3.48. The topological polar surface area (TPSA) is 39.2 Å². The van der Waals surface area contributed by atoms with Gasteiger partial charge in [0, 0.05) is 16.6 Å². The number of nitrogens with zero attached hydrogens (tertiary/aromatic N) is 1. The fourth-order valence-corrected chi connectivity index (χ4v) is 3.27. The average molecular weight is 373 g/mol. The van der Waals surface area contributed by atoms with Crippen molar-refractivity contribution in [3.63, 3.8) is 0 Å². The number of aromatic nitrogens is 1. The standard InChI is InChI=1S/C25H27NO2/c1-16-13-19(14-17(2)24(16)28-25(4,5)6)11-12-23(27)21-15-20-9-7-8-10-22(20)26-18(21)3/h7-15H,1-6H3/b12-11+. The van der Waals surface area contributed by atoms with Crippen molar-refractivity contribution in [2.45, 2.75) is 47.1 Å². The summed E-state index contributed by atoms with van der Waals surface area (Å²) >= 11 is 0. The van der Waals surface area contributed by atoms with E-state index in [1.54, 1.807) is 6.08 Å². The number of ether oxygens (including phenoxy) is 1. The van der Waals surface area contributed by atoms with Gasteiger partial charge in [-0.1, -0.05) is 24.3 Å². The molecule has 0 bridgehead atoms. The Labute approximate surface area is 167 Å². The van der Waals surface area contributed by atoms with Crippen LogP contribution in [0.1, 0.15) is 53.5 Å². The number of aryl methyl sites for hydroxylation is 3. The highest BCUT2D eigenvalue weighted by Crippen LogP contribution is 2.29. The summed E-state index contributed by atoms with van der Waals surface area (Å²) in [5, 5.41) is 0.972. The summed E-state index contributed by atoms with van der Waals surface area (Å²) < 4.78 is 6.07. The lowest BCUT2D eigenvalue weighted by atomic mass is 10.0. The first kappa shape index (κ1) is 19.8. The average Bonchev–Trinajstić information content (AvgIpc) is 2.61. The Morgan fingerprint density at radius 1 is 1.00 bits per heavy atom. The van der Waals surface area contributed by atoms with E-state index >= 15 is 0 Å². The number of carbonyl (C=O) groups is 1. The smallest absolute Gasteiger partial charge is 0.187 e. The molecule has 1 aromatic heterocycles. The Balaban J connectivity index is 1.88. The molecule has 144 valence electrons. The molecule has 0 amide bonds. The van der Waals surface area contributed by atoms with E-state index < -0.39 is 0 Å². The van der Waals surface area contributed by atoms with Gasteiger partial charge in [0.2, 0.25) is 0 Å². The van der Waals surface area contributed by atoms with E-state index in [4.69, 9.17) is 4.74 Å². The molecule has 3 aromatic rings. The van der Waals surface area contributed by atoms with Crippen LogP contribution in [0.3, 0.4) is 0 Å². The van der Waals surface area contributed by atoms with Crippen LogP contribution in [0.4, 0.5) is 0 Å². The number of benzene rings is 2. The minimum Gasteiger partial charge on any atom is -0.488 e. The molecule has 0 fully saturated rings. The Bertz CT molecular complexity index is 1050. The molecule has 0 N–H and O–H groups in total. The van der Waals surface area contributed by atoms with Gasteiger partial charge in [0.1, 0.15) is 11.4 Å². The minimum atomic E-state index is -0.247. The van der Waals surface area contributed by atoms with Gasteiger partial charge in [0.25, 0.3) is 0 Å². The zero-order chi connectivity index (χ0) is 20.5. The second-order valence-electron chi connectivity index (χ2n) is 8.21. The van der Waals surface area contributed by atoms with E-state index in [9.17, 15) is 4.79 Å². The third-order valence-electron chi connectivity index (χ3n) is 4.50. The molecule has 0 aliphatic heterocycles. The van der Waals surface area contributed by atoms with E-state index in [1.165, 1.54) is 0 Å². The number of rotatable bonds is 4. The Morgan fingerprint density at radius 3 is 2.29 bits per heavy atom. The van der Waals surface area contributed by atoms with Crippen LogP contribution < -0.4 is 4.74 Å². The van der Waals surface area contributed by atoms with Crippen molar-refractivity contribution in [2.24, 2.45) is 0 Å². The summed E-state index contributed by atoms with van der Waals surface area (Å²) in [5.41, 5.74) is 5.14. The number of hydrogen-bond donors (Lipinski definition) is 0. The predicted octanol–water partition coefficient (Wildman–Crippen LogP) is 6.23. The molecule has 1 heterocycles. The van der Waals surface area contributed by atoms with Gasteiger partial charge in [0.15, 0.2) is 5.78 Å². The molecule has 0 aliphatic rings. The number of fused-ring (bicyclic) bond motifs is 1. The molecule has 3 nitrogen and oxygen atoms in total. The van der Waals surface area contributed by atoms with Gasteiger partial charge >= 0.3 is 0 Å². The maximum Gasteiger partial charge on any atom is 0.187 e. The van der Waals surface area contributed by atoms with Crippen molar-refractivity contribution in [3.05, 3.63) is 76.5 Å². The zero-order valence-corrected chi connectivity index (χ0v) is 17.5. The largest absolute Gasteiger partial charge is 0.488 e. The predicted molar refractivity (Wildman–Crippen MR) is 116 cm³/mol. The molecule has 0 saturated carbocycles. The van der Waals surface area contributed by atoms with E-state index in [0.717, 1.165) is 39.0 Å². The summed E-state index contributed by atoms with van der Waals surface area (Å²) in [5.74, 6) is 0.867. The van der Waals surface area contributed by atoms with Gasteiger partial charge in [0.05, 0.1) is 5.52 Å². The number of para-hydroxylation sites is 1. The first-order valence-electron chi connectivity index (χ1n) is 9.53. The first-order valence-corrected chi connectivity index (χ1v) is 9.53. The van der Waals surface area contributed by atoms with Crippen molar-refractivity contribution in [3.8, 4) is 5.75 Å². The van der Waals surface area contributed by atoms with Crippen LogP contribution in [0.15, 0.2) is 48.5 Å². The number of carbonyl (C=O) groups excluding carboxylic acids is 1. The van der Waals surface area contributed by atoms with Crippen molar-refractivity contribution in [1.82, 2.24) is 4.98 Å². The molecular formula is C25H27NO2. The van der Waals surface area contributed by atoms with E-state index in [0.29, 0.717) is 5.56 Å². The second kappa shape index (κ2) is 7.59. The SMILES string of the molecule is Cc1cc(/C=C/C(=O)c2cc3ccccc3nc2C)cc(C)c1OC(C)(C)C. The van der Waals surface area contributed by atoms with Crippen LogP contribution in [0.25, 0.3) is 17.0 Å². The second-order valence-corrected chi connectivity index (χ2v) is 8.21. The molecule has 3 rings (SSSR count). The summed E-state index contributed by atoms with van der Waals surface area (Å²) in [6.45, 7) is 12.1. The highest BCUT2D eigenvalue weighted by atomic mass is 16.5. The third-order valence-corrected chi connectivity index (χ3v) is 4.50. The van der Waals surface area contributed by atoms with E-state index in [2.05, 4.69) is 4.98 Å². The minimum absolute atomic E-state index is 0.0407. The lowest BCUT2D eigenvalue weighted by Gasteiger charge is -2.24. The molecule has 0 aliphatic carbocycles. The molecule has 3 heteroatoms. The van der Waals surface area contributed by atoms with Crippen LogP contribution in [-0.2, 0) is 0 Å². The fourth-order valence-electron chi connectivity index (χ4n) is 3.27. The normalized spacial score (nSPS) is 11.9. The number of pyridine rings is 1. The van der Waals surface area contributed by atoms with Crippen LogP contribution >= 0.6 is 0 Å². The van der Waals surface area contributed by atoms with Gasteiger partial charge in [-0.2, -0.15) is 0 Å². The highest BCUT2D eigenvalue weighted by Gasteiger charge is 2.16. The first-order chi connectivity index (χ1) is 13.1. The third kappa shape index (κ3) is 4.48. The highest BCUT2D eigenvalue weighted by molar-refractivity contribution is 6.09. The van der Waals surface area contributed by atoms with Crippen LogP contribution in [0, 0.1) is 20.8 Å². The Kier molecular flexibility index (Phi) is 5.37. The Morgan fingerprint density at radius 2 is 1.64 bits per heavy atom. The van der Waals surface area contributed by atoms with E-state index in [1.807, 2.05) is 90.1 Å². The number of ketones is 1. The number of hydrogen-bond acceptors (Lipinski definition) is 3. The summed E-state index contributed by atoms with van der Waals surface area (Å²) in [7, 11) is 0. The van der Waals surface area contributed by atoms with Gasteiger partial charge < -0.3 is 4.74 Å². The molecule has 0 spiro atoms. The van der Waals surface area contributed by atoms with Gasteiger partial charge in [-0.25, -0.2) is 0 Å². The van der Waals surface area contributed by atoms with Crippen LogP contribution in [-0.4, -0.2) is 16.4 Å². The lowest BCUT2D eigenvalue weighted by molar-refractivity contribution is 0.104. The zero-order valence-electron chi connectivity index (χ0n) is 17.5. The van der Waals surface area contributed by atoms with Crippen molar-refractivity contribution in [2.75, 3.05) is 0 Å². The lowest BCUT2D eigenvalue weighted by Crippen LogP contribution is -2.24. The molecule has 0 atom stereocenters. The summed E-state index contributed by atoms with van der Waals surface area (Å²) in [6, 6.07) is 13.8. The quantitative estimate of drug-likeness (QED) is 0.402. The molecule has 2 aromatic carbocycles. The fraction of sp³-hybridized carbons (Fsp3) is 0.280. The van der Waals surface area contributed by atoms with Crippen molar-refractivity contribution < 1.29 is 9.53 Å². The Hall–Kier alpha value is -2.94. The van der Waals surface area contributed by atoms with Gasteiger partial charge in [-0.3, -0.25) is 9.78 Å². The van der Waals surface area contributed by atoms with Crippen molar-refractivity contribution in [1.29, 1.82) is 0 Å².